The van der Waals surface area contributed by atoms with Gasteiger partial charge < -0.3 is 18.6 Å². The van der Waals surface area contributed by atoms with Crippen molar-refractivity contribution in [1.82, 2.24) is 0 Å². The van der Waals surface area contributed by atoms with Gasteiger partial charge in [0.2, 0.25) is 11.2 Å². The number of esters is 1. The first kappa shape index (κ1) is 20.2. The lowest BCUT2D eigenvalue weighted by Gasteiger charge is -2.12. The molecule has 1 heterocycles. The summed E-state index contributed by atoms with van der Waals surface area (Å²) in [5, 5.41) is 0.318. The highest BCUT2D eigenvalue weighted by Gasteiger charge is 2.17. The number of rotatable bonds is 6. The zero-order valence-corrected chi connectivity index (χ0v) is 17.1. The van der Waals surface area contributed by atoms with Crippen LogP contribution in [0.2, 0.25) is 0 Å². The van der Waals surface area contributed by atoms with Crippen LogP contribution >= 0.6 is 0 Å². The van der Waals surface area contributed by atoms with Crippen molar-refractivity contribution in [2.24, 2.45) is 0 Å². The predicted octanol–water partition coefficient (Wildman–Crippen LogP) is 5.05. The highest BCUT2D eigenvalue weighted by atomic mass is 16.5. The normalized spacial score (nSPS) is 10.6. The Hall–Kier alpha value is -4.06. The minimum atomic E-state index is -0.402. The zero-order valence-electron chi connectivity index (χ0n) is 17.1. The lowest BCUT2D eigenvalue weighted by molar-refractivity contribution is -0.133. The van der Waals surface area contributed by atoms with Crippen molar-refractivity contribution in [3.8, 4) is 23.0 Å². The van der Waals surface area contributed by atoms with Crippen LogP contribution in [-0.2, 0) is 11.2 Å². The van der Waals surface area contributed by atoms with E-state index >= 15 is 0 Å². The molecule has 0 saturated carbocycles. The molecule has 0 saturated heterocycles. The van der Waals surface area contributed by atoms with Gasteiger partial charge in [-0.05, 0) is 36.8 Å². The quantitative estimate of drug-likeness (QED) is 0.323. The molecule has 0 aliphatic rings. The average Bonchev–Trinajstić information content (AvgIpc) is 2.77. The number of hydrogen-bond donors (Lipinski definition) is 0. The van der Waals surface area contributed by atoms with E-state index in [-0.39, 0.29) is 17.6 Å². The third-order valence-electron chi connectivity index (χ3n) is 4.69. The summed E-state index contributed by atoms with van der Waals surface area (Å²) in [7, 11) is 1.53. The van der Waals surface area contributed by atoms with Gasteiger partial charge in [-0.25, -0.2) is 0 Å². The molecule has 1 aromatic heterocycles. The molecule has 4 aromatic rings. The van der Waals surface area contributed by atoms with E-state index in [0.717, 1.165) is 5.56 Å². The third-order valence-corrected chi connectivity index (χ3v) is 4.69. The van der Waals surface area contributed by atoms with E-state index in [1.165, 1.54) is 13.2 Å². The van der Waals surface area contributed by atoms with Gasteiger partial charge in [0.15, 0.2) is 11.5 Å². The second kappa shape index (κ2) is 8.75. The first-order valence-corrected chi connectivity index (χ1v) is 9.68. The van der Waals surface area contributed by atoms with Crippen LogP contribution in [0.3, 0.4) is 0 Å². The van der Waals surface area contributed by atoms with Crippen molar-refractivity contribution in [3.63, 3.8) is 0 Å². The van der Waals surface area contributed by atoms with Crippen molar-refractivity contribution in [3.05, 3.63) is 94.3 Å². The zero-order chi connectivity index (χ0) is 21.8. The molecule has 0 aliphatic heterocycles. The first-order chi connectivity index (χ1) is 15.0. The summed E-state index contributed by atoms with van der Waals surface area (Å²) >= 11 is 0. The number of benzene rings is 3. The van der Waals surface area contributed by atoms with Gasteiger partial charge >= 0.3 is 5.97 Å². The second-order valence-electron chi connectivity index (χ2n) is 6.86. The summed E-state index contributed by atoms with van der Waals surface area (Å²) in [5.41, 5.74) is 0.834. The Labute approximate surface area is 178 Å². The Kier molecular flexibility index (Phi) is 5.71. The Bertz CT molecular complexity index is 1290. The van der Waals surface area contributed by atoms with Crippen molar-refractivity contribution in [1.29, 1.82) is 0 Å². The van der Waals surface area contributed by atoms with E-state index in [1.807, 2.05) is 36.4 Å². The molecule has 0 atom stereocenters. The first-order valence-electron chi connectivity index (χ1n) is 9.68. The average molecular weight is 416 g/mol. The molecule has 0 N–H and O–H groups in total. The van der Waals surface area contributed by atoms with Crippen LogP contribution in [-0.4, -0.2) is 13.1 Å². The smallest absolute Gasteiger partial charge is 0.315 e. The Morgan fingerprint density at radius 3 is 2.39 bits per heavy atom. The van der Waals surface area contributed by atoms with E-state index in [1.54, 1.807) is 37.3 Å². The molecule has 0 fully saturated rings. The van der Waals surface area contributed by atoms with Gasteiger partial charge in [-0.2, -0.15) is 0 Å². The molecule has 3 aromatic carbocycles. The van der Waals surface area contributed by atoms with Gasteiger partial charge in [0.25, 0.3) is 0 Å². The van der Waals surface area contributed by atoms with Crippen molar-refractivity contribution in [2.75, 3.05) is 7.11 Å². The Morgan fingerprint density at radius 2 is 1.65 bits per heavy atom. The summed E-state index contributed by atoms with van der Waals surface area (Å²) in [6.45, 7) is 1.64. The van der Waals surface area contributed by atoms with Crippen molar-refractivity contribution >= 4 is 16.9 Å². The van der Waals surface area contributed by atoms with Crippen LogP contribution in [0.25, 0.3) is 11.0 Å². The minimum absolute atomic E-state index is 0.0748. The van der Waals surface area contributed by atoms with Crippen LogP contribution in [0, 0.1) is 6.92 Å². The highest BCUT2D eigenvalue weighted by Crippen LogP contribution is 2.32. The maximum Gasteiger partial charge on any atom is 0.315 e. The minimum Gasteiger partial charge on any atom is -0.493 e. The Morgan fingerprint density at radius 1 is 0.935 bits per heavy atom. The number of carbonyl (C=O) groups excluding carboxylic acids is 1. The number of carbonyl (C=O) groups is 1. The van der Waals surface area contributed by atoms with Crippen molar-refractivity contribution < 1.29 is 23.4 Å². The monoisotopic (exact) mass is 416 g/mol. The van der Waals surface area contributed by atoms with Gasteiger partial charge in [-0.15, -0.1) is 0 Å². The van der Waals surface area contributed by atoms with E-state index in [0.29, 0.717) is 34.0 Å². The summed E-state index contributed by atoms with van der Waals surface area (Å²) in [6.07, 6.45) is 0.146. The standard InChI is InChI=1S/C25H20O6/c1-16-25(31-21-11-7-6-10-20(21)28-2)24(27)19-13-12-18(15-22(19)29-16)30-23(26)14-17-8-4-3-5-9-17/h3-13,15H,14H2,1-2H3. The lowest BCUT2D eigenvalue weighted by atomic mass is 10.1. The molecule has 0 bridgehead atoms. The van der Waals surface area contributed by atoms with Gasteiger partial charge in [0.05, 0.1) is 18.9 Å². The molecule has 4 rings (SSSR count). The number of fused-ring (bicyclic) bond motifs is 1. The molecular weight excluding hydrogens is 396 g/mol. The van der Waals surface area contributed by atoms with E-state index < -0.39 is 5.97 Å². The molecule has 0 amide bonds. The summed E-state index contributed by atoms with van der Waals surface area (Å²) < 4.78 is 22.3. The second-order valence-corrected chi connectivity index (χ2v) is 6.86. The van der Waals surface area contributed by atoms with Crippen LogP contribution in [0.5, 0.6) is 23.0 Å². The molecular formula is C25H20O6. The number of hydrogen-bond acceptors (Lipinski definition) is 6. The number of methoxy groups -OCH3 is 1. The summed E-state index contributed by atoms with van der Waals surface area (Å²) in [5.74, 6) is 1.19. The van der Waals surface area contributed by atoms with Gasteiger partial charge in [-0.3, -0.25) is 9.59 Å². The SMILES string of the molecule is COc1ccccc1Oc1c(C)oc2cc(OC(=O)Cc3ccccc3)ccc2c1=O. The summed E-state index contributed by atoms with van der Waals surface area (Å²) in [6, 6.07) is 21.0. The summed E-state index contributed by atoms with van der Waals surface area (Å²) in [4.78, 5) is 25.2. The number of aryl methyl sites for hydroxylation is 1. The van der Waals surface area contributed by atoms with E-state index in [9.17, 15) is 9.59 Å². The fourth-order valence-corrected chi connectivity index (χ4v) is 3.19. The fraction of sp³-hybridized carbons (Fsp3) is 0.120. The van der Waals surface area contributed by atoms with E-state index in [4.69, 9.17) is 18.6 Å². The lowest BCUT2D eigenvalue weighted by Crippen LogP contribution is -2.12. The maximum absolute atomic E-state index is 13.0. The number of ether oxygens (including phenoxy) is 3. The molecule has 0 unspecified atom stereocenters. The highest BCUT2D eigenvalue weighted by molar-refractivity contribution is 5.81. The van der Waals surface area contributed by atoms with Crippen LogP contribution in [0.4, 0.5) is 0 Å². The third kappa shape index (κ3) is 4.43. The van der Waals surface area contributed by atoms with Crippen LogP contribution in [0.15, 0.2) is 82.0 Å². The topological polar surface area (TPSA) is 75.0 Å². The van der Waals surface area contributed by atoms with Crippen LogP contribution < -0.4 is 19.6 Å². The maximum atomic E-state index is 13.0. The fourth-order valence-electron chi connectivity index (χ4n) is 3.19. The molecule has 6 heteroatoms. The molecule has 31 heavy (non-hydrogen) atoms. The van der Waals surface area contributed by atoms with Crippen molar-refractivity contribution in [2.45, 2.75) is 13.3 Å². The molecule has 0 radical (unpaired) electrons. The predicted molar refractivity (Wildman–Crippen MR) is 116 cm³/mol. The number of para-hydroxylation sites is 2. The Balaban J connectivity index is 1.60. The van der Waals surface area contributed by atoms with Gasteiger partial charge in [0, 0.05) is 6.07 Å². The van der Waals surface area contributed by atoms with Gasteiger partial charge in [0.1, 0.15) is 17.1 Å². The van der Waals surface area contributed by atoms with E-state index in [2.05, 4.69) is 0 Å². The molecule has 6 nitrogen and oxygen atoms in total. The molecule has 0 spiro atoms. The van der Waals surface area contributed by atoms with Crippen LogP contribution in [0.1, 0.15) is 11.3 Å². The molecule has 156 valence electrons. The molecule has 0 aliphatic carbocycles. The largest absolute Gasteiger partial charge is 0.493 e. The van der Waals surface area contributed by atoms with Gasteiger partial charge in [-0.1, -0.05) is 42.5 Å².